The Balaban J connectivity index is 1.41. The van der Waals surface area contributed by atoms with Gasteiger partial charge in [-0.25, -0.2) is 29.3 Å². The first-order valence-electron chi connectivity index (χ1n) is 12.1. The number of pyridine rings is 2. The molecule has 1 amide bonds. The SMILES string of the molecule is CCN1CCN(c2ccc(Nc3ncc(F)c(-c4cc5c(ncn5C(C)C)c(OC)n4)n3)nc2)C(=O)C1. The molecular formula is C25H28FN9O2. The van der Waals surface area contributed by atoms with Gasteiger partial charge < -0.3 is 19.5 Å². The lowest BCUT2D eigenvalue weighted by Gasteiger charge is -2.33. The lowest BCUT2D eigenvalue weighted by Crippen LogP contribution is -2.50. The summed E-state index contributed by atoms with van der Waals surface area (Å²) in [5, 5.41) is 3.00. The van der Waals surface area contributed by atoms with Crippen LogP contribution in [0.3, 0.4) is 0 Å². The third-order valence-corrected chi connectivity index (χ3v) is 6.31. The minimum Gasteiger partial charge on any atom is -0.479 e. The molecule has 0 bridgehead atoms. The van der Waals surface area contributed by atoms with Crippen LogP contribution in [0.2, 0.25) is 0 Å². The molecule has 1 aliphatic rings. The van der Waals surface area contributed by atoms with Crippen LogP contribution in [0, 0.1) is 5.82 Å². The highest BCUT2D eigenvalue weighted by molar-refractivity contribution is 5.95. The number of methoxy groups -OCH3 is 1. The van der Waals surface area contributed by atoms with Gasteiger partial charge in [0.25, 0.3) is 0 Å². The first-order chi connectivity index (χ1) is 17.9. The molecule has 0 aliphatic carbocycles. The summed E-state index contributed by atoms with van der Waals surface area (Å²) in [6.07, 6.45) is 4.42. The van der Waals surface area contributed by atoms with Crippen LogP contribution in [0.5, 0.6) is 5.88 Å². The van der Waals surface area contributed by atoms with Crippen molar-refractivity contribution in [3.63, 3.8) is 0 Å². The predicted octanol–water partition coefficient (Wildman–Crippen LogP) is 3.42. The molecule has 0 unspecified atom stereocenters. The van der Waals surface area contributed by atoms with Crippen molar-refractivity contribution in [2.75, 3.05) is 43.5 Å². The maximum atomic E-state index is 14.9. The second-order valence-electron chi connectivity index (χ2n) is 8.96. The Hall–Kier alpha value is -4.19. The number of imidazole rings is 1. The van der Waals surface area contributed by atoms with Crippen LogP contribution >= 0.6 is 0 Å². The average Bonchev–Trinajstić information content (AvgIpc) is 3.34. The van der Waals surface area contributed by atoms with Crippen LogP contribution in [0.4, 0.5) is 21.8 Å². The van der Waals surface area contributed by atoms with Gasteiger partial charge >= 0.3 is 0 Å². The van der Waals surface area contributed by atoms with E-state index in [1.54, 1.807) is 29.6 Å². The van der Waals surface area contributed by atoms with E-state index in [1.165, 1.54) is 7.11 Å². The van der Waals surface area contributed by atoms with Crippen LogP contribution < -0.4 is 15.0 Å². The Morgan fingerprint density at radius 3 is 2.65 bits per heavy atom. The van der Waals surface area contributed by atoms with Gasteiger partial charge in [0.1, 0.15) is 11.5 Å². The second-order valence-corrected chi connectivity index (χ2v) is 8.96. The van der Waals surface area contributed by atoms with Crippen LogP contribution in [0.1, 0.15) is 26.8 Å². The molecule has 4 aromatic rings. The van der Waals surface area contributed by atoms with Crippen LogP contribution in [-0.4, -0.2) is 73.6 Å². The van der Waals surface area contributed by atoms with E-state index in [0.29, 0.717) is 30.1 Å². The Labute approximate surface area is 213 Å². The van der Waals surface area contributed by atoms with Gasteiger partial charge in [0, 0.05) is 19.1 Å². The van der Waals surface area contributed by atoms with E-state index in [0.717, 1.165) is 30.5 Å². The molecule has 5 heterocycles. The number of amides is 1. The summed E-state index contributed by atoms with van der Waals surface area (Å²) in [7, 11) is 1.50. The smallest absolute Gasteiger partial charge is 0.242 e. The van der Waals surface area contributed by atoms with E-state index < -0.39 is 5.82 Å². The van der Waals surface area contributed by atoms with Gasteiger partial charge in [0.05, 0.1) is 49.3 Å². The molecule has 0 radical (unpaired) electrons. The van der Waals surface area contributed by atoms with Crippen molar-refractivity contribution < 1.29 is 13.9 Å². The lowest BCUT2D eigenvalue weighted by atomic mass is 10.2. The zero-order valence-corrected chi connectivity index (χ0v) is 21.1. The van der Waals surface area contributed by atoms with Gasteiger partial charge in [0.15, 0.2) is 11.3 Å². The second kappa shape index (κ2) is 10.1. The average molecular weight is 506 g/mol. The Morgan fingerprint density at radius 1 is 1.14 bits per heavy atom. The monoisotopic (exact) mass is 505 g/mol. The number of nitrogens with zero attached hydrogens (tertiary/aromatic N) is 8. The molecule has 0 aromatic carbocycles. The van der Waals surface area contributed by atoms with Crippen molar-refractivity contribution in [1.29, 1.82) is 0 Å². The van der Waals surface area contributed by atoms with Gasteiger partial charge in [-0.15, -0.1) is 0 Å². The summed E-state index contributed by atoms with van der Waals surface area (Å²) in [5.41, 5.74) is 2.38. The summed E-state index contributed by atoms with van der Waals surface area (Å²) in [4.78, 5) is 38.0. The normalized spacial score (nSPS) is 14.5. The van der Waals surface area contributed by atoms with Crippen molar-refractivity contribution in [2.45, 2.75) is 26.8 Å². The molecule has 1 fully saturated rings. The molecule has 192 valence electrons. The van der Waals surface area contributed by atoms with Crippen molar-refractivity contribution in [1.82, 2.24) is 34.4 Å². The van der Waals surface area contributed by atoms with E-state index >= 15 is 0 Å². The fourth-order valence-corrected chi connectivity index (χ4v) is 4.28. The number of carbonyl (C=O) groups excluding carboxylic acids is 1. The molecule has 5 rings (SSSR count). The number of likely N-dealkylation sites (N-methyl/N-ethyl adjacent to an activating group) is 1. The maximum absolute atomic E-state index is 14.9. The molecule has 0 atom stereocenters. The number of ether oxygens (including phenoxy) is 1. The summed E-state index contributed by atoms with van der Waals surface area (Å²) < 4.78 is 22.2. The standard InChI is InChI=1S/C25H28FN9O2/c1-5-33-8-9-34(21(36)13-33)16-6-7-20(27-11-16)31-25-28-12-17(26)22(32-25)18-10-19-23(24(30-18)37-4)29-14-35(19)15(2)3/h6-7,10-12,14-15H,5,8-9,13H2,1-4H3,(H,27,28,31,32). The molecular weight excluding hydrogens is 477 g/mol. The van der Waals surface area contributed by atoms with Crippen LogP contribution in [0.15, 0.2) is 36.9 Å². The van der Waals surface area contributed by atoms with E-state index in [9.17, 15) is 9.18 Å². The number of anilines is 3. The zero-order chi connectivity index (χ0) is 26.1. The summed E-state index contributed by atoms with van der Waals surface area (Å²) in [6, 6.07) is 5.42. The molecule has 4 aromatic heterocycles. The fourth-order valence-electron chi connectivity index (χ4n) is 4.28. The van der Waals surface area contributed by atoms with Crippen LogP contribution in [0.25, 0.3) is 22.4 Å². The number of piperazine rings is 1. The Kier molecular flexibility index (Phi) is 6.66. The summed E-state index contributed by atoms with van der Waals surface area (Å²) in [6.45, 7) is 8.77. The first kappa shape index (κ1) is 24.5. The maximum Gasteiger partial charge on any atom is 0.242 e. The number of rotatable bonds is 7. The Morgan fingerprint density at radius 2 is 1.97 bits per heavy atom. The number of hydrogen-bond donors (Lipinski definition) is 1. The summed E-state index contributed by atoms with van der Waals surface area (Å²) in [5.74, 6) is 0.317. The largest absolute Gasteiger partial charge is 0.479 e. The third kappa shape index (κ3) is 4.79. The van der Waals surface area contributed by atoms with E-state index in [-0.39, 0.29) is 29.5 Å². The van der Waals surface area contributed by atoms with E-state index in [4.69, 9.17) is 4.74 Å². The lowest BCUT2D eigenvalue weighted by molar-refractivity contribution is -0.121. The number of aromatic nitrogens is 6. The van der Waals surface area contributed by atoms with Crippen molar-refractivity contribution >= 4 is 34.4 Å². The van der Waals surface area contributed by atoms with E-state index in [2.05, 4.69) is 35.1 Å². The zero-order valence-electron chi connectivity index (χ0n) is 21.1. The van der Waals surface area contributed by atoms with E-state index in [1.807, 2.05) is 31.4 Å². The number of carbonyl (C=O) groups is 1. The quantitative estimate of drug-likeness (QED) is 0.403. The van der Waals surface area contributed by atoms with Gasteiger partial charge in [-0.2, -0.15) is 0 Å². The van der Waals surface area contributed by atoms with Crippen molar-refractivity contribution in [3.05, 3.63) is 42.7 Å². The van der Waals surface area contributed by atoms with Gasteiger partial charge in [-0.05, 0) is 38.6 Å². The molecule has 1 aliphatic heterocycles. The number of hydrogen-bond acceptors (Lipinski definition) is 9. The fraction of sp³-hybridized carbons (Fsp3) is 0.360. The topological polar surface area (TPSA) is 114 Å². The number of halogens is 1. The molecule has 1 saturated heterocycles. The minimum atomic E-state index is -0.622. The summed E-state index contributed by atoms with van der Waals surface area (Å²) >= 11 is 0. The van der Waals surface area contributed by atoms with Crippen LogP contribution in [-0.2, 0) is 4.79 Å². The van der Waals surface area contributed by atoms with Gasteiger partial charge in [-0.3, -0.25) is 9.69 Å². The van der Waals surface area contributed by atoms with Crippen molar-refractivity contribution in [2.24, 2.45) is 0 Å². The Bertz CT molecular complexity index is 1440. The minimum absolute atomic E-state index is 0.0187. The molecule has 12 heteroatoms. The first-order valence-corrected chi connectivity index (χ1v) is 12.1. The highest BCUT2D eigenvalue weighted by Crippen LogP contribution is 2.30. The van der Waals surface area contributed by atoms with Gasteiger partial charge in [0.2, 0.25) is 17.7 Å². The molecule has 1 N–H and O–H groups in total. The van der Waals surface area contributed by atoms with Crippen molar-refractivity contribution in [3.8, 4) is 17.3 Å². The predicted molar refractivity (Wildman–Crippen MR) is 137 cm³/mol. The molecule has 0 saturated carbocycles. The third-order valence-electron chi connectivity index (χ3n) is 6.31. The highest BCUT2D eigenvalue weighted by atomic mass is 19.1. The molecule has 11 nitrogen and oxygen atoms in total. The molecule has 0 spiro atoms. The highest BCUT2D eigenvalue weighted by Gasteiger charge is 2.24. The number of fused-ring (bicyclic) bond motifs is 1. The molecule has 37 heavy (non-hydrogen) atoms. The van der Waals surface area contributed by atoms with Gasteiger partial charge in [-0.1, -0.05) is 6.92 Å². The number of nitrogens with one attached hydrogen (secondary N) is 1.